The molecule has 152 valence electrons. The number of aromatic nitrogens is 1. The lowest BCUT2D eigenvalue weighted by Crippen LogP contribution is -2.14. The maximum absolute atomic E-state index is 12.6. The topological polar surface area (TPSA) is 105 Å². The molecule has 1 heterocycles. The van der Waals surface area contributed by atoms with Crippen molar-refractivity contribution < 1.29 is 18.8 Å². The zero-order valence-electron chi connectivity index (χ0n) is 16.5. The van der Waals surface area contributed by atoms with Gasteiger partial charge in [-0.25, -0.2) is 4.79 Å². The minimum absolute atomic E-state index is 0.0642. The molecule has 0 aliphatic rings. The van der Waals surface area contributed by atoms with Gasteiger partial charge in [0.15, 0.2) is 0 Å². The van der Waals surface area contributed by atoms with Gasteiger partial charge < -0.3 is 14.6 Å². The molecule has 0 saturated heterocycles. The van der Waals surface area contributed by atoms with Crippen molar-refractivity contribution >= 4 is 29.3 Å². The summed E-state index contributed by atoms with van der Waals surface area (Å²) in [4.78, 5) is 25.5. The molecule has 7 nitrogen and oxygen atoms in total. The van der Waals surface area contributed by atoms with E-state index < -0.39 is 5.97 Å². The number of nitrogens with one attached hydrogen (secondary N) is 1. The number of aryl methyl sites for hydroxylation is 2. The molecule has 0 saturated carbocycles. The lowest BCUT2D eigenvalue weighted by Gasteiger charge is -2.10. The van der Waals surface area contributed by atoms with Crippen LogP contribution < -0.4 is 5.32 Å². The van der Waals surface area contributed by atoms with Crippen LogP contribution >= 0.6 is 11.8 Å². The van der Waals surface area contributed by atoms with Crippen molar-refractivity contribution in [3.63, 3.8) is 0 Å². The lowest BCUT2D eigenvalue weighted by atomic mass is 10.2. The summed E-state index contributed by atoms with van der Waals surface area (Å²) in [5.74, 6) is -0.0143. The monoisotopic (exact) mass is 421 g/mol. The van der Waals surface area contributed by atoms with Gasteiger partial charge in [0.05, 0.1) is 34.2 Å². The van der Waals surface area contributed by atoms with Gasteiger partial charge in [0.25, 0.3) is 0 Å². The Hall–Kier alpha value is -3.57. The molecule has 1 aromatic heterocycles. The zero-order valence-corrected chi connectivity index (χ0v) is 17.3. The van der Waals surface area contributed by atoms with Crippen molar-refractivity contribution in [3.05, 3.63) is 76.7 Å². The predicted octanol–water partition coefficient (Wildman–Crippen LogP) is 4.25. The summed E-state index contributed by atoms with van der Waals surface area (Å²) in [5, 5.41) is 15.5. The van der Waals surface area contributed by atoms with Crippen LogP contribution in [0.5, 0.6) is 0 Å². The number of nitriles is 1. The third kappa shape index (κ3) is 5.27. The number of anilines is 1. The Morgan fingerprint density at radius 2 is 2.00 bits per heavy atom. The second-order valence-electron chi connectivity index (χ2n) is 6.40. The number of thioether (sulfide) groups is 1. The van der Waals surface area contributed by atoms with Crippen LogP contribution in [-0.4, -0.2) is 22.8 Å². The average molecular weight is 421 g/mol. The van der Waals surface area contributed by atoms with Gasteiger partial charge in [0, 0.05) is 10.6 Å². The van der Waals surface area contributed by atoms with Gasteiger partial charge >= 0.3 is 5.97 Å². The molecule has 1 amide bonds. The van der Waals surface area contributed by atoms with Crippen molar-refractivity contribution in [3.8, 4) is 6.07 Å². The van der Waals surface area contributed by atoms with E-state index in [1.165, 1.54) is 11.8 Å². The third-order valence-corrected chi connectivity index (χ3v) is 5.34. The number of carbonyl (C=O) groups excluding carboxylic acids is 2. The lowest BCUT2D eigenvalue weighted by molar-refractivity contribution is -0.113. The van der Waals surface area contributed by atoms with Gasteiger partial charge in [-0.1, -0.05) is 23.4 Å². The number of amides is 1. The highest BCUT2D eigenvalue weighted by atomic mass is 32.2. The Balaban J connectivity index is 1.61. The van der Waals surface area contributed by atoms with Gasteiger partial charge in [-0.15, -0.1) is 11.8 Å². The van der Waals surface area contributed by atoms with E-state index in [1.54, 1.807) is 62.4 Å². The zero-order chi connectivity index (χ0) is 21.5. The molecule has 1 N–H and O–H groups in total. The highest BCUT2D eigenvalue weighted by Gasteiger charge is 2.17. The summed E-state index contributed by atoms with van der Waals surface area (Å²) < 4.78 is 10.5. The Morgan fingerprint density at radius 3 is 2.73 bits per heavy atom. The van der Waals surface area contributed by atoms with Crippen LogP contribution in [0.2, 0.25) is 0 Å². The Labute approximate surface area is 178 Å². The van der Waals surface area contributed by atoms with E-state index in [4.69, 9.17) is 14.5 Å². The number of esters is 1. The molecule has 0 spiro atoms. The largest absolute Gasteiger partial charge is 0.457 e. The number of nitrogens with zero attached hydrogens (tertiary/aromatic N) is 2. The highest BCUT2D eigenvalue weighted by Crippen LogP contribution is 2.24. The van der Waals surface area contributed by atoms with Crippen LogP contribution in [0, 0.1) is 25.2 Å². The molecule has 0 aliphatic heterocycles. The second-order valence-corrected chi connectivity index (χ2v) is 7.42. The maximum atomic E-state index is 12.6. The van der Waals surface area contributed by atoms with Crippen molar-refractivity contribution in [2.45, 2.75) is 25.3 Å². The number of hydrogen-bond acceptors (Lipinski definition) is 7. The molecule has 0 fully saturated rings. The summed E-state index contributed by atoms with van der Waals surface area (Å²) in [6.07, 6.45) is 0. The SMILES string of the molecule is Cc1noc(C)c1COC(=O)c1ccccc1SCC(=O)Nc1cccc(C#N)c1. The standard InChI is InChI=1S/C22H19N3O4S/c1-14-19(15(2)29-25-14)12-28-22(27)18-8-3-4-9-20(18)30-13-21(26)24-17-7-5-6-16(10-17)11-23/h3-10H,12-13H2,1-2H3,(H,24,26). The fourth-order valence-corrected chi connectivity index (χ4v) is 3.53. The molecule has 0 unspecified atom stereocenters. The van der Waals surface area contributed by atoms with E-state index in [0.29, 0.717) is 33.2 Å². The predicted molar refractivity (Wildman–Crippen MR) is 112 cm³/mol. The first-order valence-electron chi connectivity index (χ1n) is 9.08. The van der Waals surface area contributed by atoms with Crippen molar-refractivity contribution in [2.75, 3.05) is 11.1 Å². The van der Waals surface area contributed by atoms with Gasteiger partial charge in [0.1, 0.15) is 12.4 Å². The molecule has 0 atom stereocenters. The summed E-state index contributed by atoms with van der Waals surface area (Å²) in [6.45, 7) is 3.61. The van der Waals surface area contributed by atoms with Crippen LogP contribution in [0.15, 0.2) is 57.9 Å². The Bertz CT molecular complexity index is 1100. The summed E-state index contributed by atoms with van der Waals surface area (Å²) >= 11 is 1.23. The first kappa shape index (κ1) is 21.1. The first-order chi connectivity index (χ1) is 14.5. The van der Waals surface area contributed by atoms with E-state index in [0.717, 1.165) is 5.56 Å². The number of benzene rings is 2. The minimum atomic E-state index is -0.486. The van der Waals surface area contributed by atoms with E-state index >= 15 is 0 Å². The van der Waals surface area contributed by atoms with Crippen LogP contribution in [-0.2, 0) is 16.1 Å². The molecule has 30 heavy (non-hydrogen) atoms. The van der Waals surface area contributed by atoms with Crippen LogP contribution in [0.4, 0.5) is 5.69 Å². The van der Waals surface area contributed by atoms with E-state index in [2.05, 4.69) is 10.5 Å². The summed E-state index contributed by atoms with van der Waals surface area (Å²) in [7, 11) is 0. The molecule has 3 rings (SSSR count). The van der Waals surface area contributed by atoms with Crippen LogP contribution in [0.3, 0.4) is 0 Å². The summed E-state index contributed by atoms with van der Waals surface area (Å²) in [5.41, 5.74) is 2.82. The van der Waals surface area contributed by atoms with Gasteiger partial charge in [0.2, 0.25) is 5.91 Å². The number of ether oxygens (including phenoxy) is 1. The first-order valence-corrected chi connectivity index (χ1v) is 10.1. The van der Waals surface area contributed by atoms with Gasteiger partial charge in [-0.05, 0) is 44.2 Å². The maximum Gasteiger partial charge on any atom is 0.339 e. The number of carbonyl (C=O) groups is 2. The quantitative estimate of drug-likeness (QED) is 0.449. The number of hydrogen-bond donors (Lipinski definition) is 1. The average Bonchev–Trinajstić information content (AvgIpc) is 3.08. The molecule has 3 aromatic rings. The van der Waals surface area contributed by atoms with E-state index in [-0.39, 0.29) is 18.3 Å². The number of rotatable bonds is 7. The minimum Gasteiger partial charge on any atom is -0.457 e. The molecular formula is C22H19N3O4S. The van der Waals surface area contributed by atoms with E-state index in [9.17, 15) is 9.59 Å². The van der Waals surface area contributed by atoms with E-state index in [1.807, 2.05) is 6.07 Å². The third-order valence-electron chi connectivity index (χ3n) is 4.27. The normalized spacial score (nSPS) is 10.3. The Morgan fingerprint density at radius 1 is 1.20 bits per heavy atom. The van der Waals surface area contributed by atoms with Crippen molar-refractivity contribution in [1.29, 1.82) is 5.26 Å². The van der Waals surface area contributed by atoms with Crippen LogP contribution in [0.25, 0.3) is 0 Å². The molecule has 0 radical (unpaired) electrons. The highest BCUT2D eigenvalue weighted by molar-refractivity contribution is 8.00. The Kier molecular flexibility index (Phi) is 6.88. The molecular weight excluding hydrogens is 402 g/mol. The van der Waals surface area contributed by atoms with Gasteiger partial charge in [-0.3, -0.25) is 4.79 Å². The van der Waals surface area contributed by atoms with Gasteiger partial charge in [-0.2, -0.15) is 5.26 Å². The second kappa shape index (κ2) is 9.76. The van der Waals surface area contributed by atoms with Crippen LogP contribution in [0.1, 0.15) is 32.9 Å². The fraction of sp³-hybridized carbons (Fsp3) is 0.182. The molecule has 2 aromatic carbocycles. The molecule has 8 heteroatoms. The molecule has 0 bridgehead atoms. The smallest absolute Gasteiger partial charge is 0.339 e. The fourth-order valence-electron chi connectivity index (χ4n) is 2.69. The molecule has 0 aliphatic carbocycles. The van der Waals surface area contributed by atoms with Crippen molar-refractivity contribution in [1.82, 2.24) is 5.16 Å². The summed E-state index contributed by atoms with van der Waals surface area (Å²) in [6, 6.07) is 15.7. The van der Waals surface area contributed by atoms with Crippen molar-refractivity contribution in [2.24, 2.45) is 0 Å².